The molecule has 2 aliphatic rings. The van der Waals surface area contributed by atoms with Crippen molar-refractivity contribution in [2.75, 3.05) is 13.2 Å². The van der Waals surface area contributed by atoms with Gasteiger partial charge in [-0.1, -0.05) is 31.4 Å². The largest absolute Gasteiger partial charge is 0.396 e. The first-order valence-electron chi connectivity index (χ1n) is 9.53. The van der Waals surface area contributed by atoms with Crippen molar-refractivity contribution in [2.24, 2.45) is 5.41 Å². The van der Waals surface area contributed by atoms with E-state index in [0.29, 0.717) is 19.0 Å². The Morgan fingerprint density at radius 2 is 2.00 bits per heavy atom. The summed E-state index contributed by atoms with van der Waals surface area (Å²) in [5, 5.41) is 12.4. The Labute approximate surface area is 148 Å². The number of nitrogens with zero attached hydrogens (tertiary/aromatic N) is 2. The van der Waals surface area contributed by atoms with Crippen molar-refractivity contribution in [1.29, 1.82) is 0 Å². The van der Waals surface area contributed by atoms with Crippen LogP contribution in [0.15, 0.2) is 24.3 Å². The average Bonchev–Trinajstić information content (AvgIpc) is 3.36. The molecule has 2 aliphatic carbocycles. The number of hydrogen-bond acceptors (Lipinski definition) is 3. The summed E-state index contributed by atoms with van der Waals surface area (Å²) in [5.74, 6) is 1.54. The van der Waals surface area contributed by atoms with Gasteiger partial charge in [0, 0.05) is 17.9 Å². The fourth-order valence-electron chi connectivity index (χ4n) is 3.99. The molecule has 0 atom stereocenters. The second-order valence-electron chi connectivity index (χ2n) is 7.81. The standard InChI is InChI=1S/C20H27N3O2/c24-14-20(10-11-20)13-21-18(25)12-23-17-9-5-4-8-16(17)22-19(23)15-6-2-1-3-7-15/h4-5,8-9,15,24H,1-3,6-7,10-14H2,(H,21,25). The number of benzene rings is 1. The molecule has 25 heavy (non-hydrogen) atoms. The van der Waals surface area contributed by atoms with Gasteiger partial charge in [-0.2, -0.15) is 0 Å². The van der Waals surface area contributed by atoms with E-state index in [-0.39, 0.29) is 17.9 Å². The van der Waals surface area contributed by atoms with Crippen molar-refractivity contribution in [3.8, 4) is 0 Å². The molecule has 2 saturated carbocycles. The Kier molecular flexibility index (Phi) is 4.50. The summed E-state index contributed by atoms with van der Waals surface area (Å²) >= 11 is 0. The van der Waals surface area contributed by atoms with Crippen molar-refractivity contribution in [3.05, 3.63) is 30.1 Å². The second kappa shape index (κ2) is 6.79. The summed E-state index contributed by atoms with van der Waals surface area (Å²) in [7, 11) is 0. The maximum absolute atomic E-state index is 12.5. The zero-order chi connectivity index (χ0) is 17.3. The monoisotopic (exact) mass is 341 g/mol. The molecule has 4 rings (SSSR count). The molecule has 1 aromatic heterocycles. The number of carbonyl (C=O) groups excluding carboxylic acids is 1. The van der Waals surface area contributed by atoms with Crippen molar-refractivity contribution >= 4 is 16.9 Å². The van der Waals surface area contributed by atoms with Crippen molar-refractivity contribution in [1.82, 2.24) is 14.9 Å². The minimum absolute atomic E-state index is 0.0138. The molecule has 2 aromatic rings. The highest BCUT2D eigenvalue weighted by atomic mass is 16.3. The molecule has 0 radical (unpaired) electrons. The lowest BCUT2D eigenvalue weighted by atomic mass is 9.88. The van der Waals surface area contributed by atoms with Crippen LogP contribution in [-0.4, -0.2) is 33.7 Å². The zero-order valence-corrected chi connectivity index (χ0v) is 14.7. The average molecular weight is 341 g/mol. The van der Waals surface area contributed by atoms with Crippen LogP contribution in [0.5, 0.6) is 0 Å². The Balaban J connectivity index is 1.55. The summed E-state index contributed by atoms with van der Waals surface area (Å²) < 4.78 is 2.11. The van der Waals surface area contributed by atoms with Gasteiger partial charge < -0.3 is 15.0 Å². The molecule has 2 fully saturated rings. The quantitative estimate of drug-likeness (QED) is 0.849. The topological polar surface area (TPSA) is 67.2 Å². The molecule has 0 aliphatic heterocycles. The number of para-hydroxylation sites is 2. The van der Waals surface area contributed by atoms with Crippen LogP contribution in [0.4, 0.5) is 0 Å². The summed E-state index contributed by atoms with van der Waals surface area (Å²) in [4.78, 5) is 17.4. The van der Waals surface area contributed by atoms with Gasteiger partial charge in [-0.25, -0.2) is 4.98 Å². The molecular formula is C20H27N3O2. The number of carbonyl (C=O) groups is 1. The van der Waals surface area contributed by atoms with Crippen LogP contribution in [0.25, 0.3) is 11.0 Å². The fourth-order valence-corrected chi connectivity index (χ4v) is 3.99. The highest BCUT2D eigenvalue weighted by molar-refractivity contribution is 5.81. The molecule has 5 nitrogen and oxygen atoms in total. The Morgan fingerprint density at radius 3 is 2.72 bits per heavy atom. The van der Waals surface area contributed by atoms with Gasteiger partial charge in [0.1, 0.15) is 12.4 Å². The molecule has 1 amide bonds. The van der Waals surface area contributed by atoms with Crippen molar-refractivity contribution < 1.29 is 9.90 Å². The zero-order valence-electron chi connectivity index (χ0n) is 14.7. The number of nitrogens with one attached hydrogen (secondary N) is 1. The Hall–Kier alpha value is -1.88. The third-order valence-corrected chi connectivity index (χ3v) is 5.91. The van der Waals surface area contributed by atoms with E-state index < -0.39 is 0 Å². The third-order valence-electron chi connectivity index (χ3n) is 5.91. The summed E-state index contributed by atoms with van der Waals surface area (Å²) in [6.45, 7) is 1.05. The maximum Gasteiger partial charge on any atom is 0.240 e. The predicted octanol–water partition coefficient (Wildman–Crippen LogP) is 2.97. The first-order valence-corrected chi connectivity index (χ1v) is 9.53. The third kappa shape index (κ3) is 3.43. The molecule has 5 heteroatoms. The van der Waals surface area contributed by atoms with Gasteiger partial charge in [0.25, 0.3) is 0 Å². The van der Waals surface area contributed by atoms with E-state index in [1.165, 1.54) is 32.1 Å². The SMILES string of the molecule is O=C(Cn1c(C2CCCCC2)nc2ccccc21)NCC1(CO)CC1. The molecular weight excluding hydrogens is 314 g/mol. The van der Waals surface area contributed by atoms with Crippen LogP contribution in [-0.2, 0) is 11.3 Å². The minimum atomic E-state index is -0.0567. The fraction of sp³-hybridized carbons (Fsp3) is 0.600. The van der Waals surface area contributed by atoms with Crippen LogP contribution in [0, 0.1) is 5.41 Å². The molecule has 0 bridgehead atoms. The van der Waals surface area contributed by atoms with Crippen LogP contribution in [0.1, 0.15) is 56.7 Å². The van der Waals surface area contributed by atoms with Gasteiger partial charge in [-0.05, 0) is 37.8 Å². The van der Waals surface area contributed by atoms with E-state index in [2.05, 4.69) is 16.0 Å². The number of rotatable bonds is 6. The van der Waals surface area contributed by atoms with Gasteiger partial charge >= 0.3 is 0 Å². The predicted molar refractivity (Wildman–Crippen MR) is 97.3 cm³/mol. The Morgan fingerprint density at radius 1 is 1.24 bits per heavy atom. The second-order valence-corrected chi connectivity index (χ2v) is 7.81. The lowest BCUT2D eigenvalue weighted by Crippen LogP contribution is -2.34. The van der Waals surface area contributed by atoms with Gasteiger partial charge in [-0.15, -0.1) is 0 Å². The normalized spacial score (nSPS) is 19.9. The van der Waals surface area contributed by atoms with Crippen molar-refractivity contribution in [2.45, 2.75) is 57.4 Å². The molecule has 0 spiro atoms. The van der Waals surface area contributed by atoms with Crippen LogP contribution in [0.2, 0.25) is 0 Å². The van der Waals surface area contributed by atoms with Crippen LogP contribution < -0.4 is 5.32 Å². The van der Waals surface area contributed by atoms with Gasteiger partial charge in [0.05, 0.1) is 17.6 Å². The van der Waals surface area contributed by atoms with Gasteiger partial charge in [-0.3, -0.25) is 4.79 Å². The number of fused-ring (bicyclic) bond motifs is 1. The highest BCUT2D eigenvalue weighted by Gasteiger charge is 2.42. The van der Waals surface area contributed by atoms with E-state index in [4.69, 9.17) is 4.98 Å². The summed E-state index contributed by atoms with van der Waals surface area (Å²) in [5.41, 5.74) is 1.96. The number of imidazole rings is 1. The van der Waals surface area contributed by atoms with E-state index in [1.54, 1.807) is 0 Å². The lowest BCUT2D eigenvalue weighted by molar-refractivity contribution is -0.122. The summed E-state index contributed by atoms with van der Waals surface area (Å²) in [6.07, 6.45) is 8.14. The smallest absolute Gasteiger partial charge is 0.240 e. The molecule has 1 heterocycles. The number of amides is 1. The van der Waals surface area contributed by atoms with Gasteiger partial charge in [0.15, 0.2) is 0 Å². The van der Waals surface area contributed by atoms with E-state index >= 15 is 0 Å². The van der Waals surface area contributed by atoms with E-state index in [1.807, 2.05) is 18.2 Å². The number of aromatic nitrogens is 2. The first-order chi connectivity index (χ1) is 12.2. The molecule has 2 N–H and O–H groups in total. The lowest BCUT2D eigenvalue weighted by Gasteiger charge is -2.22. The number of aliphatic hydroxyl groups excluding tert-OH is 1. The van der Waals surface area contributed by atoms with Gasteiger partial charge in [0.2, 0.25) is 5.91 Å². The maximum atomic E-state index is 12.5. The summed E-state index contributed by atoms with van der Waals surface area (Å²) in [6, 6.07) is 8.09. The van der Waals surface area contributed by atoms with Crippen LogP contribution in [0.3, 0.4) is 0 Å². The first kappa shape index (κ1) is 16.6. The highest BCUT2D eigenvalue weighted by Crippen LogP contribution is 2.44. The Bertz CT molecular complexity index is 757. The van der Waals surface area contributed by atoms with Crippen LogP contribution >= 0.6 is 0 Å². The number of aliphatic hydroxyl groups is 1. The molecule has 134 valence electrons. The van der Waals surface area contributed by atoms with E-state index in [0.717, 1.165) is 29.7 Å². The molecule has 1 aromatic carbocycles. The van der Waals surface area contributed by atoms with Crippen molar-refractivity contribution in [3.63, 3.8) is 0 Å². The molecule has 0 saturated heterocycles. The number of hydrogen-bond donors (Lipinski definition) is 2. The minimum Gasteiger partial charge on any atom is -0.396 e. The molecule has 0 unspecified atom stereocenters. The van der Waals surface area contributed by atoms with E-state index in [9.17, 15) is 9.90 Å².